The first kappa shape index (κ1) is 32.1. The molecule has 0 aliphatic carbocycles. The van der Waals surface area contributed by atoms with E-state index in [-0.39, 0.29) is 40.9 Å². The van der Waals surface area contributed by atoms with Gasteiger partial charge in [-0.15, -0.1) is 0 Å². The van der Waals surface area contributed by atoms with Gasteiger partial charge in [-0.05, 0) is 40.0 Å². The van der Waals surface area contributed by atoms with Gasteiger partial charge in [0.05, 0.1) is 17.9 Å². The number of hydrogen-bond donors (Lipinski definition) is 0. The molecular weight excluding hydrogens is 508 g/mol. The molecule has 1 saturated heterocycles. The minimum atomic E-state index is -1.34. The van der Waals surface area contributed by atoms with E-state index in [2.05, 4.69) is 6.92 Å². The first-order valence-corrected chi connectivity index (χ1v) is 15.1. The van der Waals surface area contributed by atoms with E-state index in [1.807, 2.05) is 62.3 Å². The van der Waals surface area contributed by atoms with E-state index < -0.39 is 29.8 Å². The van der Waals surface area contributed by atoms with Crippen LogP contribution >= 0.6 is 0 Å². The second-order valence-electron chi connectivity index (χ2n) is 12.6. The van der Waals surface area contributed by atoms with Gasteiger partial charge in [0.1, 0.15) is 23.4 Å². The van der Waals surface area contributed by atoms with Crippen LogP contribution in [0.5, 0.6) is 0 Å². The fourth-order valence-corrected chi connectivity index (χ4v) is 6.56. The zero-order chi connectivity index (χ0) is 30.3. The Hall–Kier alpha value is -2.41. The molecule has 2 aliphatic heterocycles. The Bertz CT molecular complexity index is 1210. The zero-order valence-corrected chi connectivity index (χ0v) is 26.6. The standard InChI is InChI=1S/C33H50O7/c1-13-17(5)29-20(8)28(36)23(11)33(39-29)24(12)32(38-26(34)15-16(3)4)22(10)31(40-33)21(9)30-19(7)27(35)18(6)25(14-2)37-30/h16-17,21-24,31-32H,13-15H2,1-12H3/t17-,21+,22-,23+,24+,31+,32+,33-/m0/s1. The Morgan fingerprint density at radius 3 is 2.17 bits per heavy atom. The number of carbonyl (C=O) groups is 2. The average Bonchev–Trinajstić information content (AvgIpc) is 2.91. The molecule has 0 bridgehead atoms. The lowest BCUT2D eigenvalue weighted by atomic mass is 9.70. The Kier molecular flexibility index (Phi) is 9.81. The molecular formula is C33H50O7. The number of esters is 1. The fraction of sp³-hybridized carbons (Fsp3) is 0.727. The highest BCUT2D eigenvalue weighted by Gasteiger charge is 2.62. The second kappa shape index (κ2) is 12.2. The molecule has 1 aromatic rings. The van der Waals surface area contributed by atoms with Crippen molar-refractivity contribution in [2.45, 2.75) is 126 Å². The minimum absolute atomic E-state index is 0.0192. The van der Waals surface area contributed by atoms with Gasteiger partial charge in [0.15, 0.2) is 11.2 Å². The molecule has 0 radical (unpaired) electrons. The number of aryl methyl sites for hydroxylation is 1. The molecule has 0 aromatic carbocycles. The Morgan fingerprint density at radius 2 is 1.62 bits per heavy atom. The second-order valence-corrected chi connectivity index (χ2v) is 12.6. The highest BCUT2D eigenvalue weighted by Crippen LogP contribution is 2.52. The van der Waals surface area contributed by atoms with Crippen LogP contribution in [0.3, 0.4) is 0 Å². The number of carbonyl (C=O) groups excluding carboxylic acids is 2. The number of hydrogen-bond acceptors (Lipinski definition) is 7. The molecule has 7 heteroatoms. The van der Waals surface area contributed by atoms with E-state index in [4.69, 9.17) is 18.6 Å². The Morgan fingerprint density at radius 1 is 1.00 bits per heavy atom. The van der Waals surface area contributed by atoms with Crippen molar-refractivity contribution in [2.24, 2.45) is 29.6 Å². The van der Waals surface area contributed by atoms with Gasteiger partial charge in [-0.2, -0.15) is 0 Å². The van der Waals surface area contributed by atoms with Gasteiger partial charge in [-0.25, -0.2) is 0 Å². The van der Waals surface area contributed by atoms with Crippen molar-refractivity contribution in [2.75, 3.05) is 0 Å². The van der Waals surface area contributed by atoms with Crippen LogP contribution in [-0.2, 0) is 30.2 Å². The number of ketones is 1. The molecule has 8 atom stereocenters. The van der Waals surface area contributed by atoms with E-state index >= 15 is 0 Å². The summed E-state index contributed by atoms with van der Waals surface area (Å²) in [6, 6.07) is 0. The molecule has 7 nitrogen and oxygen atoms in total. The van der Waals surface area contributed by atoms with Crippen molar-refractivity contribution in [3.8, 4) is 0 Å². The van der Waals surface area contributed by atoms with Crippen LogP contribution in [0.15, 0.2) is 20.5 Å². The van der Waals surface area contributed by atoms with Crippen molar-refractivity contribution < 1.29 is 28.2 Å². The molecule has 1 aromatic heterocycles. The van der Waals surface area contributed by atoms with Crippen molar-refractivity contribution in [1.29, 1.82) is 0 Å². The van der Waals surface area contributed by atoms with Crippen LogP contribution in [-0.4, -0.2) is 29.7 Å². The lowest BCUT2D eigenvalue weighted by molar-refractivity contribution is -0.347. The molecule has 0 amide bonds. The minimum Gasteiger partial charge on any atom is -0.465 e. The maximum Gasteiger partial charge on any atom is 0.306 e. The van der Waals surface area contributed by atoms with Gasteiger partial charge in [0, 0.05) is 47.3 Å². The van der Waals surface area contributed by atoms with Crippen molar-refractivity contribution >= 4 is 11.8 Å². The highest BCUT2D eigenvalue weighted by molar-refractivity contribution is 5.98. The summed E-state index contributed by atoms with van der Waals surface area (Å²) in [7, 11) is 0. The summed E-state index contributed by atoms with van der Waals surface area (Å²) >= 11 is 0. The molecule has 224 valence electrons. The van der Waals surface area contributed by atoms with Gasteiger partial charge >= 0.3 is 5.97 Å². The topological polar surface area (TPSA) is 92.0 Å². The third kappa shape index (κ3) is 5.55. The molecule has 2 aliphatic rings. The first-order chi connectivity index (χ1) is 18.6. The Balaban J connectivity index is 2.19. The lowest BCUT2D eigenvalue weighted by Gasteiger charge is -2.56. The summed E-state index contributed by atoms with van der Waals surface area (Å²) in [6.07, 6.45) is 0.573. The molecule has 0 saturated carbocycles. The van der Waals surface area contributed by atoms with E-state index in [9.17, 15) is 14.4 Å². The molecule has 1 fully saturated rings. The summed E-state index contributed by atoms with van der Waals surface area (Å²) in [6.45, 7) is 23.2. The Labute approximate surface area is 240 Å². The maximum absolute atomic E-state index is 13.7. The SMILES string of the molecule is CCc1oc([C@@H](C)[C@H]2O[C@]3(OC([C@@H](C)CC)=C(C)C(=O)[C@H]3C)[C@H](C)[C@H](OC(=O)CC(C)C)[C@H]2C)c(C)c(=O)c1C. The van der Waals surface area contributed by atoms with Crippen LogP contribution < -0.4 is 5.43 Å². The number of rotatable bonds is 8. The van der Waals surface area contributed by atoms with Crippen molar-refractivity contribution in [3.05, 3.63) is 44.2 Å². The van der Waals surface area contributed by atoms with Gasteiger partial charge in [-0.1, -0.05) is 55.4 Å². The van der Waals surface area contributed by atoms with Crippen LogP contribution in [0.25, 0.3) is 0 Å². The van der Waals surface area contributed by atoms with Crippen molar-refractivity contribution in [3.63, 3.8) is 0 Å². The van der Waals surface area contributed by atoms with E-state index in [0.717, 1.165) is 6.42 Å². The maximum atomic E-state index is 13.7. The summed E-state index contributed by atoms with van der Waals surface area (Å²) in [5.41, 5.74) is 1.75. The van der Waals surface area contributed by atoms with E-state index in [1.54, 1.807) is 13.8 Å². The van der Waals surface area contributed by atoms with Crippen LogP contribution in [0, 0.1) is 43.4 Å². The summed E-state index contributed by atoms with van der Waals surface area (Å²) in [5.74, 6) is -1.30. The molecule has 3 heterocycles. The van der Waals surface area contributed by atoms with Gasteiger partial charge in [-0.3, -0.25) is 14.4 Å². The quantitative estimate of drug-likeness (QED) is 0.324. The summed E-state index contributed by atoms with van der Waals surface area (Å²) in [4.78, 5) is 39.9. The van der Waals surface area contributed by atoms with E-state index in [1.165, 1.54) is 0 Å². The molecule has 0 N–H and O–H groups in total. The first-order valence-electron chi connectivity index (χ1n) is 15.1. The average molecular weight is 559 g/mol. The van der Waals surface area contributed by atoms with Crippen molar-refractivity contribution in [1.82, 2.24) is 0 Å². The zero-order valence-electron chi connectivity index (χ0n) is 26.6. The van der Waals surface area contributed by atoms with E-state index in [0.29, 0.717) is 46.8 Å². The molecule has 1 spiro atoms. The lowest BCUT2D eigenvalue weighted by Crippen LogP contribution is -2.65. The number of Topliss-reactive ketones (excluding diaryl/α,β-unsaturated/α-hetero) is 1. The molecule has 40 heavy (non-hydrogen) atoms. The monoisotopic (exact) mass is 558 g/mol. The smallest absolute Gasteiger partial charge is 0.306 e. The van der Waals surface area contributed by atoms with Crippen LogP contribution in [0.4, 0.5) is 0 Å². The summed E-state index contributed by atoms with van der Waals surface area (Å²) < 4.78 is 26.3. The fourth-order valence-electron chi connectivity index (χ4n) is 6.56. The predicted octanol–water partition coefficient (Wildman–Crippen LogP) is 6.80. The third-order valence-corrected chi connectivity index (χ3v) is 9.32. The number of allylic oxidation sites excluding steroid dienone is 2. The largest absolute Gasteiger partial charge is 0.465 e. The van der Waals surface area contributed by atoms with Crippen LogP contribution in [0.2, 0.25) is 0 Å². The highest BCUT2D eigenvalue weighted by atomic mass is 16.7. The van der Waals surface area contributed by atoms with Gasteiger partial charge in [0.25, 0.3) is 0 Å². The van der Waals surface area contributed by atoms with Crippen LogP contribution in [0.1, 0.15) is 111 Å². The normalized spacial score (nSPS) is 30.4. The van der Waals surface area contributed by atoms with Gasteiger partial charge in [0.2, 0.25) is 5.79 Å². The predicted molar refractivity (Wildman–Crippen MR) is 155 cm³/mol. The molecule has 0 unspecified atom stereocenters. The third-order valence-electron chi connectivity index (χ3n) is 9.32. The summed E-state index contributed by atoms with van der Waals surface area (Å²) in [5, 5.41) is 0. The van der Waals surface area contributed by atoms with Gasteiger partial charge < -0.3 is 18.6 Å². The number of ether oxygens (including phenoxy) is 3. The molecule has 3 rings (SSSR count).